The molecule has 2 amide bonds. The van der Waals surface area contributed by atoms with E-state index in [1.165, 1.54) is 26.4 Å². The second-order valence-corrected chi connectivity index (χ2v) is 5.41. The van der Waals surface area contributed by atoms with E-state index in [0.717, 1.165) is 0 Å². The monoisotopic (exact) mass is 358 g/mol. The minimum Gasteiger partial charge on any atom is -0.497 e. The number of carbonyl (C=O) groups is 2. The quantitative estimate of drug-likeness (QED) is 0.800. The minimum atomic E-state index is -0.870. The minimum absolute atomic E-state index is 0.0473. The molecule has 1 atom stereocenters. The Morgan fingerprint density at radius 2 is 1.65 bits per heavy atom. The fourth-order valence-corrected chi connectivity index (χ4v) is 2.36. The Bertz CT molecular complexity index is 801. The van der Waals surface area contributed by atoms with Gasteiger partial charge in [-0.15, -0.1) is 0 Å². The number of ether oxygens (including phenoxy) is 4. The lowest BCUT2D eigenvalue weighted by atomic mass is 10.2. The van der Waals surface area contributed by atoms with Gasteiger partial charge in [0, 0.05) is 11.6 Å². The van der Waals surface area contributed by atoms with Crippen molar-refractivity contribution >= 4 is 11.8 Å². The van der Waals surface area contributed by atoms with Gasteiger partial charge in [0.05, 0.1) is 14.2 Å². The van der Waals surface area contributed by atoms with Gasteiger partial charge in [-0.2, -0.15) is 0 Å². The summed E-state index contributed by atoms with van der Waals surface area (Å²) in [5.41, 5.74) is 4.94. The number of nitrogens with one attached hydrogen (secondary N) is 2. The summed E-state index contributed by atoms with van der Waals surface area (Å²) in [6.45, 7) is 0.0473. The summed E-state index contributed by atoms with van der Waals surface area (Å²) >= 11 is 0. The van der Waals surface area contributed by atoms with E-state index in [-0.39, 0.29) is 12.2 Å². The summed E-state index contributed by atoms with van der Waals surface area (Å²) in [5, 5.41) is 0. The molecule has 26 heavy (non-hydrogen) atoms. The van der Waals surface area contributed by atoms with Crippen LogP contribution in [0.25, 0.3) is 0 Å². The highest BCUT2D eigenvalue weighted by molar-refractivity contribution is 5.96. The molecule has 0 unspecified atom stereocenters. The molecular formula is C18H18N2O6. The number of benzene rings is 2. The normalized spacial score (nSPS) is 14.9. The first kappa shape index (κ1) is 17.4. The van der Waals surface area contributed by atoms with Crippen molar-refractivity contribution in [3.05, 3.63) is 48.0 Å². The first-order chi connectivity index (χ1) is 12.6. The van der Waals surface area contributed by atoms with Crippen molar-refractivity contribution in [3.63, 3.8) is 0 Å². The topological polar surface area (TPSA) is 95.1 Å². The smallest absolute Gasteiger partial charge is 0.283 e. The average Bonchev–Trinajstić information content (AvgIpc) is 2.70. The van der Waals surface area contributed by atoms with Gasteiger partial charge in [-0.05, 0) is 24.3 Å². The highest BCUT2D eigenvalue weighted by atomic mass is 16.6. The molecule has 2 aromatic rings. The van der Waals surface area contributed by atoms with Crippen molar-refractivity contribution in [2.45, 2.75) is 6.10 Å². The Hall–Kier alpha value is -3.42. The van der Waals surface area contributed by atoms with Gasteiger partial charge < -0.3 is 18.9 Å². The van der Waals surface area contributed by atoms with E-state index in [9.17, 15) is 9.59 Å². The lowest BCUT2D eigenvalue weighted by Crippen LogP contribution is -2.50. The number of amides is 2. The summed E-state index contributed by atoms with van der Waals surface area (Å²) in [6.07, 6.45) is -0.870. The van der Waals surface area contributed by atoms with Crippen LogP contribution in [0.3, 0.4) is 0 Å². The van der Waals surface area contributed by atoms with E-state index < -0.39 is 17.9 Å². The van der Waals surface area contributed by atoms with Crippen LogP contribution in [0.2, 0.25) is 0 Å². The van der Waals surface area contributed by atoms with Gasteiger partial charge in [-0.1, -0.05) is 12.1 Å². The molecule has 2 aromatic carbocycles. The molecular weight excluding hydrogens is 340 g/mol. The summed E-state index contributed by atoms with van der Waals surface area (Å²) in [5.74, 6) is 0.921. The highest BCUT2D eigenvalue weighted by Gasteiger charge is 2.27. The van der Waals surface area contributed by atoms with Crippen LogP contribution in [0.4, 0.5) is 0 Å². The fourth-order valence-electron chi connectivity index (χ4n) is 2.36. The molecule has 3 rings (SSSR count). The van der Waals surface area contributed by atoms with Crippen LogP contribution in [-0.4, -0.2) is 38.7 Å². The molecule has 0 saturated carbocycles. The number of fused-ring (bicyclic) bond motifs is 1. The third-order valence-electron chi connectivity index (χ3n) is 3.71. The van der Waals surface area contributed by atoms with Crippen molar-refractivity contribution in [3.8, 4) is 23.0 Å². The molecule has 0 bridgehead atoms. The maximum absolute atomic E-state index is 12.3. The predicted molar refractivity (Wildman–Crippen MR) is 91.5 cm³/mol. The van der Waals surface area contributed by atoms with Crippen LogP contribution >= 0.6 is 0 Å². The van der Waals surface area contributed by atoms with Gasteiger partial charge in [0.15, 0.2) is 11.5 Å². The molecule has 8 heteroatoms. The van der Waals surface area contributed by atoms with Crippen molar-refractivity contribution in [1.82, 2.24) is 10.9 Å². The highest BCUT2D eigenvalue weighted by Crippen LogP contribution is 2.30. The SMILES string of the molecule is COc1cc(OC)cc(C(=O)NNC(=O)[C@@H]2COc3ccccc3O2)c1. The van der Waals surface area contributed by atoms with Gasteiger partial charge >= 0.3 is 0 Å². The lowest BCUT2D eigenvalue weighted by Gasteiger charge is -2.25. The first-order valence-corrected chi connectivity index (χ1v) is 7.82. The van der Waals surface area contributed by atoms with E-state index in [0.29, 0.717) is 23.0 Å². The number of rotatable bonds is 4. The second-order valence-electron chi connectivity index (χ2n) is 5.41. The van der Waals surface area contributed by atoms with Gasteiger partial charge in [0.25, 0.3) is 11.8 Å². The zero-order valence-corrected chi connectivity index (χ0v) is 14.3. The zero-order valence-electron chi connectivity index (χ0n) is 14.3. The van der Waals surface area contributed by atoms with Crippen LogP contribution in [0.5, 0.6) is 23.0 Å². The van der Waals surface area contributed by atoms with Crippen molar-refractivity contribution in [1.29, 1.82) is 0 Å². The number of hydrazine groups is 1. The number of methoxy groups -OCH3 is 2. The molecule has 2 N–H and O–H groups in total. The Balaban J connectivity index is 1.60. The number of carbonyl (C=O) groups excluding carboxylic acids is 2. The van der Waals surface area contributed by atoms with Crippen molar-refractivity contribution < 1.29 is 28.5 Å². The van der Waals surface area contributed by atoms with E-state index >= 15 is 0 Å². The molecule has 1 aliphatic heterocycles. The number of hydrogen-bond acceptors (Lipinski definition) is 6. The van der Waals surface area contributed by atoms with Crippen LogP contribution in [0.15, 0.2) is 42.5 Å². The molecule has 0 fully saturated rings. The van der Waals surface area contributed by atoms with E-state index in [4.69, 9.17) is 18.9 Å². The zero-order chi connectivity index (χ0) is 18.5. The average molecular weight is 358 g/mol. The van der Waals surface area contributed by atoms with Crippen LogP contribution in [-0.2, 0) is 4.79 Å². The summed E-state index contributed by atoms with van der Waals surface area (Å²) in [7, 11) is 2.97. The molecule has 0 aromatic heterocycles. The Kier molecular flexibility index (Phi) is 5.12. The van der Waals surface area contributed by atoms with Crippen molar-refractivity contribution in [2.24, 2.45) is 0 Å². The van der Waals surface area contributed by atoms with Gasteiger partial charge in [0.2, 0.25) is 6.10 Å². The van der Waals surface area contributed by atoms with Gasteiger partial charge in [-0.3, -0.25) is 20.4 Å². The second kappa shape index (κ2) is 7.64. The maximum atomic E-state index is 12.3. The Morgan fingerprint density at radius 3 is 2.31 bits per heavy atom. The molecule has 0 spiro atoms. The lowest BCUT2D eigenvalue weighted by molar-refractivity contribution is -0.131. The molecule has 0 aliphatic carbocycles. The summed E-state index contributed by atoms with van der Waals surface area (Å²) in [6, 6.07) is 11.7. The number of para-hydroxylation sites is 2. The predicted octanol–water partition coefficient (Wildman–Crippen LogP) is 1.30. The van der Waals surface area contributed by atoms with Gasteiger partial charge in [-0.25, -0.2) is 0 Å². The molecule has 136 valence electrons. The molecule has 0 saturated heterocycles. The Labute approximate surface area is 150 Å². The van der Waals surface area contributed by atoms with Crippen LogP contribution in [0.1, 0.15) is 10.4 Å². The first-order valence-electron chi connectivity index (χ1n) is 7.82. The van der Waals surface area contributed by atoms with Gasteiger partial charge in [0.1, 0.15) is 18.1 Å². The van der Waals surface area contributed by atoms with Crippen molar-refractivity contribution in [2.75, 3.05) is 20.8 Å². The third-order valence-corrected chi connectivity index (χ3v) is 3.71. The largest absolute Gasteiger partial charge is 0.497 e. The maximum Gasteiger partial charge on any atom is 0.283 e. The summed E-state index contributed by atoms with van der Waals surface area (Å²) in [4.78, 5) is 24.5. The summed E-state index contributed by atoms with van der Waals surface area (Å²) < 4.78 is 21.3. The standard InChI is InChI=1S/C18H18N2O6/c1-23-12-7-11(8-13(9-12)24-2)17(21)19-20-18(22)16-10-25-14-5-3-4-6-15(14)26-16/h3-9,16H,10H2,1-2H3,(H,19,21)(H,20,22)/t16-/m0/s1. The van der Waals surface area contributed by atoms with E-state index in [1.54, 1.807) is 24.3 Å². The number of hydrogen-bond donors (Lipinski definition) is 2. The molecule has 1 aliphatic rings. The van der Waals surface area contributed by atoms with Crippen LogP contribution < -0.4 is 29.8 Å². The fraction of sp³-hybridized carbons (Fsp3) is 0.222. The van der Waals surface area contributed by atoms with Crippen LogP contribution in [0, 0.1) is 0 Å². The molecule has 1 heterocycles. The van der Waals surface area contributed by atoms with E-state index in [2.05, 4.69) is 10.9 Å². The van der Waals surface area contributed by atoms with E-state index in [1.807, 2.05) is 6.07 Å². The Morgan fingerprint density at radius 1 is 1.00 bits per heavy atom. The third kappa shape index (κ3) is 3.80. The molecule has 8 nitrogen and oxygen atoms in total. The molecule has 0 radical (unpaired) electrons.